The van der Waals surface area contributed by atoms with Crippen molar-refractivity contribution in [3.63, 3.8) is 0 Å². The molecule has 7 nitrogen and oxygen atoms in total. The average Bonchev–Trinajstić information content (AvgIpc) is 3.47. The van der Waals surface area contributed by atoms with Crippen LogP contribution in [0.3, 0.4) is 0 Å². The molecule has 1 aliphatic heterocycles. The monoisotopic (exact) mass is 411 g/mol. The summed E-state index contributed by atoms with van der Waals surface area (Å²) < 4.78 is 7.95. The van der Waals surface area contributed by atoms with Crippen molar-refractivity contribution >= 4 is 28.6 Å². The number of H-pyrrole nitrogens is 1. The van der Waals surface area contributed by atoms with Crippen LogP contribution >= 0.6 is 11.8 Å². The number of amides is 1. The fourth-order valence-electron chi connectivity index (χ4n) is 3.52. The largest absolute Gasteiger partial charge is 0.376 e. The van der Waals surface area contributed by atoms with E-state index in [1.807, 2.05) is 31.3 Å². The Bertz CT molecular complexity index is 1010. The molecule has 1 saturated heterocycles. The molecule has 1 aliphatic rings. The van der Waals surface area contributed by atoms with Crippen molar-refractivity contribution in [3.05, 3.63) is 43.1 Å². The molecule has 0 saturated carbocycles. The van der Waals surface area contributed by atoms with Gasteiger partial charge in [0.25, 0.3) is 0 Å². The molecule has 1 fully saturated rings. The maximum atomic E-state index is 12.3. The van der Waals surface area contributed by atoms with Crippen molar-refractivity contribution in [1.82, 2.24) is 25.1 Å². The molecule has 0 spiro atoms. The zero-order valence-electron chi connectivity index (χ0n) is 16.4. The first-order valence-corrected chi connectivity index (χ1v) is 10.7. The van der Waals surface area contributed by atoms with E-state index in [2.05, 4.69) is 37.7 Å². The predicted octanol–water partition coefficient (Wildman–Crippen LogP) is 3.39. The normalized spacial score (nSPS) is 17.5. The molecule has 2 N–H and O–H groups in total. The molecule has 1 aromatic carbocycles. The van der Waals surface area contributed by atoms with Crippen LogP contribution in [0.25, 0.3) is 22.3 Å². The Morgan fingerprint density at radius 1 is 1.48 bits per heavy atom. The van der Waals surface area contributed by atoms with Gasteiger partial charge in [0.1, 0.15) is 0 Å². The molecule has 152 valence electrons. The lowest BCUT2D eigenvalue weighted by molar-refractivity contribution is -0.120. The number of carbonyl (C=O) groups is 1. The number of hydrogen-bond acceptors (Lipinski definition) is 5. The van der Waals surface area contributed by atoms with Gasteiger partial charge >= 0.3 is 0 Å². The molecular weight excluding hydrogens is 386 g/mol. The van der Waals surface area contributed by atoms with Crippen LogP contribution in [0, 0.1) is 0 Å². The molecule has 2 atom stereocenters. The number of nitrogens with one attached hydrogen (secondary N) is 2. The lowest BCUT2D eigenvalue weighted by atomic mass is 10.1. The molecule has 29 heavy (non-hydrogen) atoms. The molecule has 2 unspecified atom stereocenters. The lowest BCUT2D eigenvalue weighted by Crippen LogP contribution is -2.31. The van der Waals surface area contributed by atoms with E-state index < -0.39 is 0 Å². The SMILES string of the molecule is C=CCNC(=O)C(C)Sc1nnc(-c2c[nH]c3ccccc23)n1CC1CCCO1. The van der Waals surface area contributed by atoms with Gasteiger partial charge < -0.3 is 15.0 Å². The summed E-state index contributed by atoms with van der Waals surface area (Å²) in [6.07, 6.45) is 5.86. The number of fused-ring (bicyclic) bond motifs is 1. The summed E-state index contributed by atoms with van der Waals surface area (Å²) in [6.45, 7) is 7.43. The molecule has 8 heteroatoms. The highest BCUT2D eigenvalue weighted by molar-refractivity contribution is 8.00. The van der Waals surface area contributed by atoms with Crippen LogP contribution in [0.5, 0.6) is 0 Å². The number of thioether (sulfide) groups is 1. The van der Waals surface area contributed by atoms with E-state index in [1.165, 1.54) is 11.8 Å². The van der Waals surface area contributed by atoms with Gasteiger partial charge in [0, 0.05) is 35.8 Å². The van der Waals surface area contributed by atoms with Gasteiger partial charge in [-0.3, -0.25) is 9.36 Å². The van der Waals surface area contributed by atoms with Gasteiger partial charge in [-0.2, -0.15) is 0 Å². The van der Waals surface area contributed by atoms with Gasteiger partial charge in [-0.05, 0) is 25.8 Å². The number of carbonyl (C=O) groups excluding carboxylic acids is 1. The van der Waals surface area contributed by atoms with Crippen LogP contribution in [-0.2, 0) is 16.1 Å². The van der Waals surface area contributed by atoms with Crippen molar-refractivity contribution in [2.75, 3.05) is 13.2 Å². The van der Waals surface area contributed by atoms with Crippen LogP contribution in [0.4, 0.5) is 0 Å². The minimum atomic E-state index is -0.293. The fourth-order valence-corrected chi connectivity index (χ4v) is 4.40. The van der Waals surface area contributed by atoms with Crippen LogP contribution < -0.4 is 5.32 Å². The number of hydrogen-bond donors (Lipinski definition) is 2. The minimum Gasteiger partial charge on any atom is -0.376 e. The summed E-state index contributed by atoms with van der Waals surface area (Å²) in [6, 6.07) is 8.14. The van der Waals surface area contributed by atoms with Crippen molar-refractivity contribution in [1.29, 1.82) is 0 Å². The van der Waals surface area contributed by atoms with Crippen LogP contribution in [0.15, 0.2) is 48.3 Å². The van der Waals surface area contributed by atoms with E-state index in [0.29, 0.717) is 13.1 Å². The summed E-state index contributed by atoms with van der Waals surface area (Å²) >= 11 is 1.41. The fraction of sp³-hybridized carbons (Fsp3) is 0.381. The summed E-state index contributed by atoms with van der Waals surface area (Å²) in [5, 5.41) is 13.3. The van der Waals surface area contributed by atoms with E-state index >= 15 is 0 Å². The third-order valence-corrected chi connectivity index (χ3v) is 6.11. The lowest BCUT2D eigenvalue weighted by Gasteiger charge is -2.16. The predicted molar refractivity (Wildman–Crippen MR) is 115 cm³/mol. The van der Waals surface area contributed by atoms with E-state index in [1.54, 1.807) is 6.08 Å². The van der Waals surface area contributed by atoms with E-state index in [-0.39, 0.29) is 17.3 Å². The molecule has 3 aromatic rings. The third-order valence-electron chi connectivity index (χ3n) is 5.03. The zero-order valence-corrected chi connectivity index (χ0v) is 17.2. The highest BCUT2D eigenvalue weighted by atomic mass is 32.2. The quantitative estimate of drug-likeness (QED) is 0.438. The van der Waals surface area contributed by atoms with Crippen molar-refractivity contribution in [2.24, 2.45) is 0 Å². The second kappa shape index (κ2) is 8.84. The zero-order chi connectivity index (χ0) is 20.2. The van der Waals surface area contributed by atoms with Gasteiger partial charge in [0.15, 0.2) is 11.0 Å². The molecule has 0 bridgehead atoms. The number of nitrogens with zero attached hydrogens (tertiary/aromatic N) is 3. The van der Waals surface area contributed by atoms with E-state index in [0.717, 1.165) is 46.9 Å². The second-order valence-corrected chi connectivity index (χ2v) is 8.40. The molecule has 0 radical (unpaired) electrons. The Kier molecular flexibility index (Phi) is 6.01. The first kappa shape index (κ1) is 19.7. The summed E-state index contributed by atoms with van der Waals surface area (Å²) in [5.74, 6) is 0.745. The first-order chi connectivity index (χ1) is 14.2. The number of rotatable bonds is 8. The Hall–Kier alpha value is -2.58. The average molecular weight is 412 g/mol. The van der Waals surface area contributed by atoms with Crippen molar-refractivity contribution in [3.8, 4) is 11.4 Å². The second-order valence-electron chi connectivity index (χ2n) is 7.09. The molecule has 2 aromatic heterocycles. The summed E-state index contributed by atoms with van der Waals surface area (Å²) in [7, 11) is 0. The molecule has 3 heterocycles. The topological polar surface area (TPSA) is 84.8 Å². The first-order valence-electron chi connectivity index (χ1n) is 9.84. The van der Waals surface area contributed by atoms with Gasteiger partial charge in [0.2, 0.25) is 5.91 Å². The van der Waals surface area contributed by atoms with E-state index in [4.69, 9.17) is 4.74 Å². The highest BCUT2D eigenvalue weighted by Crippen LogP contribution is 2.32. The summed E-state index contributed by atoms with van der Waals surface area (Å²) in [4.78, 5) is 15.6. The maximum Gasteiger partial charge on any atom is 0.233 e. The minimum absolute atomic E-state index is 0.0461. The Morgan fingerprint density at radius 2 is 2.34 bits per heavy atom. The molecule has 0 aliphatic carbocycles. The molecule has 4 rings (SSSR count). The Labute approximate surface area is 173 Å². The van der Waals surface area contributed by atoms with Gasteiger partial charge in [-0.1, -0.05) is 36.0 Å². The highest BCUT2D eigenvalue weighted by Gasteiger charge is 2.25. The third kappa shape index (κ3) is 4.23. The summed E-state index contributed by atoms with van der Waals surface area (Å²) in [5.41, 5.74) is 2.06. The molecular formula is C21H25N5O2S. The maximum absolute atomic E-state index is 12.3. The number of para-hydroxylation sites is 1. The van der Waals surface area contributed by atoms with Crippen LogP contribution in [-0.4, -0.2) is 50.2 Å². The Morgan fingerprint density at radius 3 is 3.14 bits per heavy atom. The number of ether oxygens (including phenoxy) is 1. The number of benzene rings is 1. The van der Waals surface area contributed by atoms with Crippen LogP contribution in [0.2, 0.25) is 0 Å². The Balaban J connectivity index is 1.66. The van der Waals surface area contributed by atoms with Crippen molar-refractivity contribution < 1.29 is 9.53 Å². The van der Waals surface area contributed by atoms with Crippen molar-refractivity contribution in [2.45, 2.75) is 42.8 Å². The molecule has 1 amide bonds. The van der Waals surface area contributed by atoms with Gasteiger partial charge in [-0.15, -0.1) is 16.8 Å². The smallest absolute Gasteiger partial charge is 0.233 e. The van der Waals surface area contributed by atoms with E-state index in [9.17, 15) is 4.79 Å². The van der Waals surface area contributed by atoms with Gasteiger partial charge in [-0.25, -0.2) is 0 Å². The van der Waals surface area contributed by atoms with Crippen LogP contribution in [0.1, 0.15) is 19.8 Å². The standard InChI is InChI=1S/C21H25N5O2S/c1-3-10-22-20(27)14(2)29-21-25-24-19(26(21)13-15-7-6-11-28-15)17-12-23-18-9-5-4-8-16(17)18/h3-5,8-9,12,14-15,23H,1,6-7,10-11,13H2,2H3,(H,22,27). The number of aromatic amines is 1. The van der Waals surface area contributed by atoms with Gasteiger partial charge in [0.05, 0.1) is 17.9 Å². The number of aromatic nitrogens is 4.